The molecule has 0 rings (SSSR count). The maximum absolute atomic E-state index is 5.68. The van der Waals surface area contributed by atoms with Crippen LogP contribution in [-0.4, -0.2) is 41.4 Å². The molecule has 0 aliphatic carbocycles. The Kier molecular flexibility index (Phi) is 30.6. The van der Waals surface area contributed by atoms with Crippen LogP contribution < -0.4 is 24.0 Å². The molecule has 0 aromatic heterocycles. The van der Waals surface area contributed by atoms with Crippen molar-refractivity contribution in [3.05, 3.63) is 6.42 Å². The van der Waals surface area contributed by atoms with Crippen LogP contribution in [0.25, 0.3) is 0 Å². The second-order valence-corrected chi connectivity index (χ2v) is 7.63. The van der Waals surface area contributed by atoms with Crippen molar-refractivity contribution in [1.82, 2.24) is 0 Å². The standard InChI is InChI=1S/C19H39OS.HI.Mg/c1-5-7-8-9-10-14-20-17-21-15-11-13-19(4)16-18(3)12-6-2;;/h6,18-19H,5,7-17H2,1-4H3;1H;/q-1;;+2/p-1. The first-order valence-corrected chi connectivity index (χ1v) is 10.3. The predicted octanol–water partition coefficient (Wildman–Crippen LogP) is 3.34. The van der Waals surface area contributed by atoms with E-state index >= 15 is 0 Å². The Morgan fingerprint density at radius 1 is 1.00 bits per heavy atom. The second kappa shape index (κ2) is 23.8. The molecule has 23 heavy (non-hydrogen) atoms. The van der Waals surface area contributed by atoms with Crippen LogP contribution in [0.4, 0.5) is 0 Å². The van der Waals surface area contributed by atoms with Gasteiger partial charge >= 0.3 is 23.1 Å². The number of ether oxygens (including phenoxy) is 1. The smallest absolute Gasteiger partial charge is 1.00 e. The summed E-state index contributed by atoms with van der Waals surface area (Å²) in [6.07, 6.45) is 14.3. The Balaban J connectivity index is -0.00000200. The van der Waals surface area contributed by atoms with Gasteiger partial charge in [-0.15, -0.1) is 11.8 Å². The monoisotopic (exact) mass is 466 g/mol. The first kappa shape index (κ1) is 29.6. The van der Waals surface area contributed by atoms with Gasteiger partial charge in [-0.25, -0.2) is 0 Å². The molecule has 2 unspecified atom stereocenters. The van der Waals surface area contributed by atoms with Crippen molar-refractivity contribution in [3.8, 4) is 0 Å². The van der Waals surface area contributed by atoms with E-state index in [4.69, 9.17) is 4.74 Å². The minimum atomic E-state index is 0. The Bertz CT molecular complexity index is 208. The van der Waals surface area contributed by atoms with E-state index < -0.39 is 0 Å². The summed E-state index contributed by atoms with van der Waals surface area (Å²) in [5.41, 5.74) is 0. The molecule has 0 aromatic rings. The van der Waals surface area contributed by atoms with Gasteiger partial charge in [0.15, 0.2) is 0 Å². The molecular weight excluding hydrogens is 427 g/mol. The van der Waals surface area contributed by atoms with Gasteiger partial charge in [0.05, 0.1) is 5.94 Å². The minimum absolute atomic E-state index is 0. The fourth-order valence-electron chi connectivity index (χ4n) is 2.82. The van der Waals surface area contributed by atoms with Crippen LogP contribution in [0.3, 0.4) is 0 Å². The molecule has 0 aromatic carbocycles. The Morgan fingerprint density at radius 2 is 1.70 bits per heavy atom. The number of rotatable bonds is 16. The zero-order valence-electron chi connectivity index (χ0n) is 16.1. The zero-order chi connectivity index (χ0) is 15.8. The molecule has 1 nitrogen and oxygen atoms in total. The first-order chi connectivity index (χ1) is 10.2. The van der Waals surface area contributed by atoms with Gasteiger partial charge in [0.25, 0.3) is 0 Å². The van der Waals surface area contributed by atoms with Gasteiger partial charge in [-0.3, -0.25) is 0 Å². The molecule has 4 heteroatoms. The molecule has 0 spiro atoms. The number of thioether (sulfide) groups is 1. The van der Waals surface area contributed by atoms with Crippen molar-refractivity contribution in [2.24, 2.45) is 11.8 Å². The third kappa shape index (κ3) is 23.8. The van der Waals surface area contributed by atoms with Gasteiger partial charge in [-0.1, -0.05) is 58.8 Å². The summed E-state index contributed by atoms with van der Waals surface area (Å²) in [5, 5.41) is 0. The van der Waals surface area contributed by atoms with Gasteiger partial charge in [0.1, 0.15) is 0 Å². The molecule has 0 fully saturated rings. The molecule has 0 aliphatic rings. The van der Waals surface area contributed by atoms with E-state index in [1.165, 1.54) is 63.5 Å². The molecule has 0 heterocycles. The topological polar surface area (TPSA) is 9.23 Å². The first-order valence-electron chi connectivity index (χ1n) is 9.14. The van der Waals surface area contributed by atoms with Crippen molar-refractivity contribution in [1.29, 1.82) is 0 Å². The molecule has 2 atom stereocenters. The van der Waals surface area contributed by atoms with E-state index in [0.717, 1.165) is 24.4 Å². The average Bonchev–Trinajstić information content (AvgIpc) is 2.45. The second-order valence-electron chi connectivity index (χ2n) is 6.58. The third-order valence-electron chi connectivity index (χ3n) is 3.99. The van der Waals surface area contributed by atoms with Crippen LogP contribution in [0.2, 0.25) is 0 Å². The third-order valence-corrected chi connectivity index (χ3v) is 4.90. The van der Waals surface area contributed by atoms with Crippen molar-refractivity contribution in [2.45, 2.75) is 85.5 Å². The number of hydrogen-bond acceptors (Lipinski definition) is 2. The number of halogens is 1. The zero-order valence-corrected chi connectivity index (χ0v) is 20.5. The largest absolute Gasteiger partial charge is 2.00 e. The minimum Gasteiger partial charge on any atom is -1.00 e. The van der Waals surface area contributed by atoms with Crippen LogP contribution in [0, 0.1) is 18.3 Å². The van der Waals surface area contributed by atoms with Gasteiger partial charge in [-0.2, -0.15) is 13.3 Å². The maximum Gasteiger partial charge on any atom is 2.00 e. The fourth-order valence-corrected chi connectivity index (χ4v) is 3.55. The van der Waals surface area contributed by atoms with Crippen molar-refractivity contribution < 1.29 is 28.7 Å². The molecule has 136 valence electrons. The van der Waals surface area contributed by atoms with Crippen molar-refractivity contribution in [2.75, 3.05) is 18.3 Å². The summed E-state index contributed by atoms with van der Waals surface area (Å²) in [7, 11) is 0. The Labute approximate surface area is 184 Å². The van der Waals surface area contributed by atoms with E-state index in [1.807, 2.05) is 11.8 Å². The molecule has 0 saturated heterocycles. The number of unbranched alkanes of at least 4 members (excludes halogenated alkanes) is 4. The van der Waals surface area contributed by atoms with Gasteiger partial charge in [-0.05, 0) is 30.9 Å². The molecule has 0 bridgehead atoms. The van der Waals surface area contributed by atoms with Crippen LogP contribution in [0.1, 0.15) is 85.5 Å². The molecule has 0 aliphatic heterocycles. The van der Waals surface area contributed by atoms with E-state index in [2.05, 4.69) is 34.1 Å². The van der Waals surface area contributed by atoms with Crippen LogP contribution in [-0.2, 0) is 4.74 Å². The van der Waals surface area contributed by atoms with Crippen molar-refractivity contribution >= 4 is 34.8 Å². The Hall–Kier alpha value is 1.81. The normalized spacial score (nSPS) is 13.0. The van der Waals surface area contributed by atoms with E-state index in [9.17, 15) is 0 Å². The summed E-state index contributed by atoms with van der Waals surface area (Å²) < 4.78 is 5.68. The molecule has 0 amide bonds. The Morgan fingerprint density at radius 3 is 2.35 bits per heavy atom. The van der Waals surface area contributed by atoms with Gasteiger partial charge in [0, 0.05) is 6.61 Å². The molecule has 0 N–H and O–H groups in total. The van der Waals surface area contributed by atoms with Crippen LogP contribution in [0.15, 0.2) is 0 Å². The SMILES string of the molecule is C[CH-]CC(C)CC(C)CCCSCOCCCCCCC.[I-].[Mg+2]. The molecule has 0 radical (unpaired) electrons. The number of hydrogen-bond donors (Lipinski definition) is 0. The summed E-state index contributed by atoms with van der Waals surface area (Å²) in [6, 6.07) is 0. The molecular formula is C19H39IMgOS. The summed E-state index contributed by atoms with van der Waals surface area (Å²) in [5.74, 6) is 3.88. The summed E-state index contributed by atoms with van der Waals surface area (Å²) >= 11 is 1.96. The van der Waals surface area contributed by atoms with Crippen LogP contribution in [0.5, 0.6) is 0 Å². The quantitative estimate of drug-likeness (QED) is 0.113. The van der Waals surface area contributed by atoms with Crippen LogP contribution >= 0.6 is 11.8 Å². The predicted molar refractivity (Wildman–Crippen MR) is 105 cm³/mol. The summed E-state index contributed by atoms with van der Waals surface area (Å²) in [6.45, 7) is 10.2. The van der Waals surface area contributed by atoms with E-state index in [0.29, 0.717) is 0 Å². The van der Waals surface area contributed by atoms with Gasteiger partial charge < -0.3 is 35.1 Å². The van der Waals surface area contributed by atoms with E-state index in [-0.39, 0.29) is 47.0 Å². The van der Waals surface area contributed by atoms with E-state index in [1.54, 1.807) is 0 Å². The fraction of sp³-hybridized carbons (Fsp3) is 0.947. The molecule has 0 saturated carbocycles. The van der Waals surface area contributed by atoms with Gasteiger partial charge in [0.2, 0.25) is 0 Å². The maximum atomic E-state index is 5.68. The van der Waals surface area contributed by atoms with Crippen molar-refractivity contribution in [3.63, 3.8) is 0 Å². The average molecular weight is 467 g/mol. The summed E-state index contributed by atoms with van der Waals surface area (Å²) in [4.78, 5) is 0.